The molecule has 2 nitrogen and oxygen atoms in total. The first kappa shape index (κ1) is 14.4. The van der Waals surface area contributed by atoms with Crippen molar-refractivity contribution in [1.82, 2.24) is 5.32 Å². The Morgan fingerprint density at radius 3 is 2.85 bits per heavy atom. The van der Waals surface area contributed by atoms with Crippen LogP contribution in [0.1, 0.15) is 49.3 Å². The third-order valence-electron chi connectivity index (χ3n) is 4.72. The fourth-order valence-electron chi connectivity index (χ4n) is 3.37. The number of aliphatic hydroxyl groups is 1. The van der Waals surface area contributed by atoms with Crippen LogP contribution in [0.3, 0.4) is 0 Å². The van der Waals surface area contributed by atoms with Crippen molar-refractivity contribution in [2.45, 2.75) is 50.2 Å². The van der Waals surface area contributed by atoms with E-state index in [2.05, 4.69) is 29.6 Å². The highest BCUT2D eigenvalue weighted by molar-refractivity contribution is 7.99. The van der Waals surface area contributed by atoms with Crippen molar-refractivity contribution in [2.75, 3.05) is 18.1 Å². The second-order valence-corrected chi connectivity index (χ2v) is 7.44. The second kappa shape index (κ2) is 6.50. The Bertz CT molecular complexity index is 442. The molecule has 1 aliphatic heterocycles. The summed E-state index contributed by atoms with van der Waals surface area (Å²) in [6.07, 6.45) is 6.83. The average Bonchev–Trinajstić information content (AvgIpc) is 2.68. The molecule has 1 aromatic carbocycles. The number of benzene rings is 1. The molecule has 2 aliphatic rings. The van der Waals surface area contributed by atoms with Gasteiger partial charge < -0.3 is 10.4 Å². The van der Waals surface area contributed by atoms with Crippen molar-refractivity contribution in [3.8, 4) is 0 Å². The van der Waals surface area contributed by atoms with E-state index in [1.54, 1.807) is 0 Å². The lowest BCUT2D eigenvalue weighted by Gasteiger charge is -2.34. The molecule has 1 atom stereocenters. The molecule has 1 fully saturated rings. The summed E-state index contributed by atoms with van der Waals surface area (Å²) in [5, 5.41) is 14.3. The lowest BCUT2D eigenvalue weighted by Crippen LogP contribution is -2.44. The number of hydrogen-bond donors (Lipinski definition) is 2. The molecule has 2 N–H and O–H groups in total. The number of aryl methyl sites for hydroxylation is 1. The van der Waals surface area contributed by atoms with Gasteiger partial charge in [-0.1, -0.05) is 30.7 Å². The predicted octanol–water partition coefficient (Wildman–Crippen LogP) is 3.30. The van der Waals surface area contributed by atoms with Crippen LogP contribution < -0.4 is 5.32 Å². The molecule has 0 aromatic heterocycles. The fraction of sp³-hybridized carbons (Fsp3) is 0.647. The van der Waals surface area contributed by atoms with Crippen molar-refractivity contribution < 1.29 is 5.11 Å². The first-order valence-corrected chi connectivity index (χ1v) is 9.04. The summed E-state index contributed by atoms with van der Waals surface area (Å²) in [7, 11) is 0. The molecule has 0 amide bonds. The first-order valence-electron chi connectivity index (χ1n) is 7.88. The predicted molar refractivity (Wildman–Crippen MR) is 86.2 cm³/mol. The molecule has 1 aromatic rings. The molecule has 110 valence electrons. The maximum absolute atomic E-state index is 10.6. The van der Waals surface area contributed by atoms with Gasteiger partial charge in [0.25, 0.3) is 0 Å². The van der Waals surface area contributed by atoms with E-state index in [0.717, 1.165) is 30.9 Å². The van der Waals surface area contributed by atoms with Gasteiger partial charge in [0.2, 0.25) is 0 Å². The zero-order valence-corrected chi connectivity index (χ0v) is 12.9. The monoisotopic (exact) mass is 291 g/mol. The minimum absolute atomic E-state index is 0.423. The number of nitrogens with one attached hydrogen (secondary N) is 1. The summed E-state index contributed by atoms with van der Waals surface area (Å²) in [6, 6.07) is 9.24. The fourth-order valence-corrected chi connectivity index (χ4v) is 4.63. The first-order chi connectivity index (χ1) is 9.77. The van der Waals surface area contributed by atoms with Gasteiger partial charge in [0, 0.05) is 12.6 Å². The second-order valence-electron chi connectivity index (χ2n) is 6.21. The van der Waals surface area contributed by atoms with Gasteiger partial charge in [0.15, 0.2) is 0 Å². The van der Waals surface area contributed by atoms with Crippen LogP contribution >= 0.6 is 11.8 Å². The Hall–Kier alpha value is -0.510. The maximum atomic E-state index is 10.6. The highest BCUT2D eigenvalue weighted by Gasteiger charge is 2.30. The Balaban J connectivity index is 1.67. The van der Waals surface area contributed by atoms with Crippen LogP contribution in [0, 0.1) is 0 Å². The minimum atomic E-state index is -0.480. The summed E-state index contributed by atoms with van der Waals surface area (Å²) in [4.78, 5) is 0. The van der Waals surface area contributed by atoms with Crippen LogP contribution in [0.15, 0.2) is 24.3 Å². The molecule has 1 aliphatic carbocycles. The van der Waals surface area contributed by atoms with E-state index in [9.17, 15) is 5.11 Å². The molecule has 1 saturated heterocycles. The third-order valence-corrected chi connectivity index (χ3v) is 5.71. The van der Waals surface area contributed by atoms with E-state index in [0.29, 0.717) is 6.04 Å². The van der Waals surface area contributed by atoms with Gasteiger partial charge in [0.1, 0.15) is 0 Å². The van der Waals surface area contributed by atoms with Gasteiger partial charge >= 0.3 is 0 Å². The Kier molecular flexibility index (Phi) is 4.69. The van der Waals surface area contributed by atoms with Gasteiger partial charge in [-0.3, -0.25) is 0 Å². The van der Waals surface area contributed by atoms with E-state index in [4.69, 9.17) is 0 Å². The maximum Gasteiger partial charge on any atom is 0.0787 e. The third kappa shape index (κ3) is 3.38. The smallest absolute Gasteiger partial charge is 0.0787 e. The van der Waals surface area contributed by atoms with Crippen molar-refractivity contribution in [2.24, 2.45) is 0 Å². The van der Waals surface area contributed by atoms with Gasteiger partial charge in [-0.15, -0.1) is 0 Å². The number of hydrogen-bond acceptors (Lipinski definition) is 3. The number of rotatable bonds is 3. The van der Waals surface area contributed by atoms with Gasteiger partial charge in [-0.2, -0.15) is 11.8 Å². The van der Waals surface area contributed by atoms with Crippen molar-refractivity contribution in [3.63, 3.8) is 0 Å². The lowest BCUT2D eigenvalue weighted by molar-refractivity contribution is 0.0292. The van der Waals surface area contributed by atoms with Crippen LogP contribution in [0.25, 0.3) is 0 Å². The van der Waals surface area contributed by atoms with Gasteiger partial charge in [0.05, 0.1) is 5.60 Å². The summed E-state index contributed by atoms with van der Waals surface area (Å²) < 4.78 is 0. The highest BCUT2D eigenvalue weighted by Crippen LogP contribution is 2.31. The largest absolute Gasteiger partial charge is 0.389 e. The summed E-state index contributed by atoms with van der Waals surface area (Å²) in [5.74, 6) is 2.19. The lowest BCUT2D eigenvalue weighted by atomic mass is 9.94. The zero-order valence-electron chi connectivity index (χ0n) is 12.1. The molecule has 0 spiro atoms. The topological polar surface area (TPSA) is 32.3 Å². The molecule has 0 radical (unpaired) electrons. The van der Waals surface area contributed by atoms with Crippen molar-refractivity contribution >= 4 is 11.8 Å². The Labute approximate surface area is 126 Å². The van der Waals surface area contributed by atoms with Crippen LogP contribution in [-0.2, 0) is 6.42 Å². The summed E-state index contributed by atoms with van der Waals surface area (Å²) in [5.41, 5.74) is 2.47. The molecule has 0 bridgehead atoms. The van der Waals surface area contributed by atoms with Gasteiger partial charge in [-0.05, 0) is 54.7 Å². The molecule has 20 heavy (non-hydrogen) atoms. The standard InChI is InChI=1S/C17H25NOS/c19-17(9-11-20-12-10-17)13-18-16-8-4-2-6-14-5-1-3-7-15(14)16/h1,3,5,7,16,18-19H,2,4,6,8-13H2. The molecular weight excluding hydrogens is 266 g/mol. The van der Waals surface area contributed by atoms with Crippen LogP contribution in [0.4, 0.5) is 0 Å². The molecule has 1 unspecified atom stereocenters. The number of fused-ring (bicyclic) bond motifs is 1. The van der Waals surface area contributed by atoms with E-state index >= 15 is 0 Å². The van der Waals surface area contributed by atoms with Crippen LogP contribution in [-0.4, -0.2) is 28.8 Å². The van der Waals surface area contributed by atoms with E-state index in [1.807, 2.05) is 11.8 Å². The number of thioether (sulfide) groups is 1. The Morgan fingerprint density at radius 2 is 2.00 bits per heavy atom. The van der Waals surface area contributed by atoms with Crippen molar-refractivity contribution in [3.05, 3.63) is 35.4 Å². The molecular formula is C17H25NOS. The zero-order chi connectivity index (χ0) is 13.8. The molecule has 3 heteroatoms. The molecule has 3 rings (SSSR count). The highest BCUT2D eigenvalue weighted by atomic mass is 32.2. The van der Waals surface area contributed by atoms with E-state index < -0.39 is 5.60 Å². The summed E-state index contributed by atoms with van der Waals surface area (Å²) in [6.45, 7) is 0.743. The average molecular weight is 291 g/mol. The van der Waals surface area contributed by atoms with Gasteiger partial charge in [-0.25, -0.2) is 0 Å². The molecule has 0 saturated carbocycles. The normalized spacial score (nSPS) is 25.8. The SMILES string of the molecule is OC1(CNC2CCCCc3ccccc32)CCSCC1. The summed E-state index contributed by atoms with van der Waals surface area (Å²) >= 11 is 1.96. The van der Waals surface area contributed by atoms with E-state index in [-0.39, 0.29) is 0 Å². The van der Waals surface area contributed by atoms with Crippen LogP contribution in [0.5, 0.6) is 0 Å². The van der Waals surface area contributed by atoms with Crippen molar-refractivity contribution in [1.29, 1.82) is 0 Å². The van der Waals surface area contributed by atoms with E-state index in [1.165, 1.54) is 36.8 Å². The minimum Gasteiger partial charge on any atom is -0.389 e. The Morgan fingerprint density at radius 1 is 1.20 bits per heavy atom. The molecule has 1 heterocycles. The quantitative estimate of drug-likeness (QED) is 0.838. The van der Waals surface area contributed by atoms with Crippen LogP contribution in [0.2, 0.25) is 0 Å².